The van der Waals surface area contributed by atoms with Crippen LogP contribution in [0, 0.1) is 17.3 Å². The van der Waals surface area contributed by atoms with Gasteiger partial charge in [-0.3, -0.25) is 0 Å². The van der Waals surface area contributed by atoms with Crippen molar-refractivity contribution in [3.8, 4) is 11.8 Å². The van der Waals surface area contributed by atoms with Gasteiger partial charge in [-0.25, -0.2) is 0 Å². The SMILES string of the molecule is CC1([C@@](O)(C#CC[NH+]2CCCCC2)c2ccccc2)CCCC1. The molecule has 1 aliphatic heterocycles. The molecule has 0 bridgehead atoms. The molecule has 2 heteroatoms. The van der Waals surface area contributed by atoms with Crippen LogP contribution in [0.1, 0.15) is 57.4 Å². The highest BCUT2D eigenvalue weighted by Crippen LogP contribution is 2.50. The van der Waals surface area contributed by atoms with Gasteiger partial charge >= 0.3 is 0 Å². The van der Waals surface area contributed by atoms with Crippen molar-refractivity contribution < 1.29 is 10.0 Å². The largest absolute Gasteiger partial charge is 0.373 e. The van der Waals surface area contributed by atoms with E-state index in [2.05, 4.69) is 18.8 Å². The second kappa shape index (κ2) is 7.07. The molecule has 1 saturated carbocycles. The summed E-state index contributed by atoms with van der Waals surface area (Å²) in [4.78, 5) is 1.58. The summed E-state index contributed by atoms with van der Waals surface area (Å²) >= 11 is 0. The molecule has 1 aliphatic carbocycles. The van der Waals surface area contributed by atoms with Gasteiger partial charge in [0.15, 0.2) is 5.60 Å². The smallest absolute Gasteiger partial charge is 0.156 e. The number of rotatable bonds is 3. The molecule has 3 rings (SSSR count). The molecule has 2 nitrogen and oxygen atoms in total. The van der Waals surface area contributed by atoms with Gasteiger partial charge in [0.1, 0.15) is 6.54 Å². The summed E-state index contributed by atoms with van der Waals surface area (Å²) < 4.78 is 0. The summed E-state index contributed by atoms with van der Waals surface area (Å²) in [5, 5.41) is 11.6. The number of aliphatic hydroxyl groups is 1. The zero-order chi connectivity index (χ0) is 16.2. The van der Waals surface area contributed by atoms with Crippen molar-refractivity contribution in [3.63, 3.8) is 0 Å². The average Bonchev–Trinajstić information content (AvgIpc) is 3.05. The zero-order valence-electron chi connectivity index (χ0n) is 14.4. The number of piperidine rings is 1. The maximum atomic E-state index is 11.6. The molecule has 0 aromatic heterocycles. The van der Waals surface area contributed by atoms with Crippen LogP contribution in [0.3, 0.4) is 0 Å². The van der Waals surface area contributed by atoms with Crippen molar-refractivity contribution in [1.82, 2.24) is 0 Å². The van der Waals surface area contributed by atoms with Gasteiger partial charge in [-0.15, -0.1) is 0 Å². The standard InChI is InChI=1S/C21H29NO/c1-20(13-6-7-14-20)21(23,19-11-4-2-5-12-19)15-10-18-22-16-8-3-9-17-22/h2,4-5,11-12,23H,3,6-9,13-14,16-18H2,1H3/p+1/t21-/m1/s1. The van der Waals surface area contributed by atoms with E-state index >= 15 is 0 Å². The van der Waals surface area contributed by atoms with Crippen LogP contribution in [0.4, 0.5) is 0 Å². The van der Waals surface area contributed by atoms with E-state index in [9.17, 15) is 5.11 Å². The maximum Gasteiger partial charge on any atom is 0.156 e. The van der Waals surface area contributed by atoms with E-state index < -0.39 is 5.60 Å². The zero-order valence-corrected chi connectivity index (χ0v) is 14.4. The summed E-state index contributed by atoms with van der Waals surface area (Å²) in [6, 6.07) is 10.1. The summed E-state index contributed by atoms with van der Waals surface area (Å²) in [6.45, 7) is 5.55. The molecule has 0 unspecified atom stereocenters. The third kappa shape index (κ3) is 3.47. The van der Waals surface area contributed by atoms with Gasteiger partial charge in [0.05, 0.1) is 13.1 Å². The molecule has 1 aromatic carbocycles. The molecule has 1 heterocycles. The lowest BCUT2D eigenvalue weighted by Gasteiger charge is -2.39. The fourth-order valence-corrected chi connectivity index (χ4v) is 4.29. The Hall–Kier alpha value is -1.30. The van der Waals surface area contributed by atoms with Crippen LogP contribution < -0.4 is 4.90 Å². The minimum atomic E-state index is -1.01. The topological polar surface area (TPSA) is 24.7 Å². The molecule has 124 valence electrons. The number of hydrogen-bond acceptors (Lipinski definition) is 1. The first-order valence-electron chi connectivity index (χ1n) is 9.26. The van der Waals surface area contributed by atoms with Crippen LogP contribution in [0.25, 0.3) is 0 Å². The minimum absolute atomic E-state index is 0.126. The lowest BCUT2D eigenvalue weighted by Crippen LogP contribution is -3.12. The number of nitrogens with one attached hydrogen (secondary N) is 1. The Morgan fingerprint density at radius 1 is 1.04 bits per heavy atom. The Bertz CT molecular complexity index is 558. The summed E-state index contributed by atoms with van der Waals surface area (Å²) in [6.07, 6.45) is 8.51. The van der Waals surface area contributed by atoms with Crippen molar-refractivity contribution in [1.29, 1.82) is 0 Å². The first-order valence-corrected chi connectivity index (χ1v) is 9.26. The highest BCUT2D eigenvalue weighted by molar-refractivity contribution is 5.35. The van der Waals surface area contributed by atoms with Crippen LogP contribution in [0.15, 0.2) is 30.3 Å². The van der Waals surface area contributed by atoms with Gasteiger partial charge in [-0.2, -0.15) is 0 Å². The molecular formula is C21H30NO+. The molecule has 2 aliphatic rings. The summed E-state index contributed by atoms with van der Waals surface area (Å²) in [5.74, 6) is 6.69. The second-order valence-corrected chi connectivity index (χ2v) is 7.63. The first-order chi connectivity index (χ1) is 11.1. The Labute approximate surface area is 140 Å². The number of likely N-dealkylation sites (tertiary alicyclic amines) is 1. The van der Waals surface area contributed by atoms with Gasteiger partial charge in [-0.1, -0.05) is 56.0 Å². The summed E-state index contributed by atoms with van der Waals surface area (Å²) in [5.41, 5.74) is -0.177. The monoisotopic (exact) mass is 312 g/mol. The van der Waals surface area contributed by atoms with Crippen molar-refractivity contribution in [2.24, 2.45) is 5.41 Å². The minimum Gasteiger partial charge on any atom is -0.373 e. The lowest BCUT2D eigenvalue weighted by molar-refractivity contribution is -0.897. The highest BCUT2D eigenvalue weighted by atomic mass is 16.3. The molecule has 1 atom stereocenters. The Morgan fingerprint density at radius 3 is 2.35 bits per heavy atom. The normalized spacial score (nSPS) is 23.7. The summed E-state index contributed by atoms with van der Waals surface area (Å²) in [7, 11) is 0. The molecule has 0 amide bonds. The predicted octanol–water partition coefficient (Wildman–Crippen LogP) is 2.53. The molecule has 2 fully saturated rings. The Balaban J connectivity index is 1.84. The predicted molar refractivity (Wildman–Crippen MR) is 94.1 cm³/mol. The van der Waals surface area contributed by atoms with Crippen LogP contribution in [-0.2, 0) is 5.60 Å². The number of quaternary nitrogens is 1. The number of hydrogen-bond donors (Lipinski definition) is 2. The molecule has 1 aromatic rings. The average molecular weight is 312 g/mol. The molecule has 0 radical (unpaired) electrons. The van der Waals surface area contributed by atoms with Gasteiger partial charge in [0.25, 0.3) is 0 Å². The molecule has 0 spiro atoms. The van der Waals surface area contributed by atoms with E-state index in [-0.39, 0.29) is 5.41 Å². The third-order valence-electron chi connectivity index (χ3n) is 5.94. The molecule has 23 heavy (non-hydrogen) atoms. The Kier molecular flexibility index (Phi) is 5.09. The van der Waals surface area contributed by atoms with Crippen LogP contribution >= 0.6 is 0 Å². The van der Waals surface area contributed by atoms with Gasteiger partial charge < -0.3 is 10.0 Å². The van der Waals surface area contributed by atoms with E-state index in [0.717, 1.165) is 24.9 Å². The fourth-order valence-electron chi connectivity index (χ4n) is 4.29. The van der Waals surface area contributed by atoms with Crippen LogP contribution in [0.2, 0.25) is 0 Å². The van der Waals surface area contributed by atoms with Crippen molar-refractivity contribution in [2.45, 2.75) is 57.5 Å². The van der Waals surface area contributed by atoms with E-state index in [4.69, 9.17) is 0 Å². The van der Waals surface area contributed by atoms with Gasteiger partial charge in [-0.05, 0) is 43.6 Å². The molecular weight excluding hydrogens is 282 g/mol. The van der Waals surface area contributed by atoms with E-state index in [1.165, 1.54) is 45.2 Å². The van der Waals surface area contributed by atoms with Crippen molar-refractivity contribution in [3.05, 3.63) is 35.9 Å². The van der Waals surface area contributed by atoms with Crippen LogP contribution in [-0.4, -0.2) is 24.7 Å². The van der Waals surface area contributed by atoms with Crippen molar-refractivity contribution >= 4 is 0 Å². The van der Waals surface area contributed by atoms with Gasteiger partial charge in [0.2, 0.25) is 0 Å². The van der Waals surface area contributed by atoms with E-state index in [0.29, 0.717) is 0 Å². The van der Waals surface area contributed by atoms with Crippen molar-refractivity contribution in [2.75, 3.05) is 19.6 Å². The lowest BCUT2D eigenvalue weighted by atomic mass is 9.68. The highest BCUT2D eigenvalue weighted by Gasteiger charge is 2.48. The second-order valence-electron chi connectivity index (χ2n) is 7.63. The maximum absolute atomic E-state index is 11.6. The quantitative estimate of drug-likeness (QED) is 0.824. The first kappa shape index (κ1) is 16.6. The third-order valence-corrected chi connectivity index (χ3v) is 5.94. The number of benzene rings is 1. The van der Waals surface area contributed by atoms with E-state index in [1.54, 1.807) is 4.90 Å². The van der Waals surface area contributed by atoms with Gasteiger partial charge in [0, 0.05) is 5.41 Å². The fraction of sp³-hybridized carbons (Fsp3) is 0.619. The molecule has 1 saturated heterocycles. The van der Waals surface area contributed by atoms with Crippen LogP contribution in [0.5, 0.6) is 0 Å². The van der Waals surface area contributed by atoms with E-state index in [1.807, 2.05) is 30.3 Å². The Morgan fingerprint density at radius 2 is 1.70 bits per heavy atom. The molecule has 2 N–H and O–H groups in total.